The van der Waals surface area contributed by atoms with Gasteiger partial charge in [0.2, 0.25) is 11.7 Å². The van der Waals surface area contributed by atoms with Gasteiger partial charge < -0.3 is 14.6 Å². The van der Waals surface area contributed by atoms with E-state index in [-0.39, 0.29) is 5.75 Å². The second kappa shape index (κ2) is 8.13. The summed E-state index contributed by atoms with van der Waals surface area (Å²) in [5.74, 6) is 0.688. The summed E-state index contributed by atoms with van der Waals surface area (Å²) in [6, 6.07) is 14.6. The Hall–Kier alpha value is -3.05. The van der Waals surface area contributed by atoms with E-state index in [1.54, 1.807) is 6.20 Å². The molecule has 148 valence electrons. The maximum atomic E-state index is 12.3. The summed E-state index contributed by atoms with van der Waals surface area (Å²) in [6.07, 6.45) is 5.37. The minimum atomic E-state index is -0.402. The number of halogens is 1. The Morgan fingerprint density at radius 3 is 2.79 bits per heavy atom. The van der Waals surface area contributed by atoms with Crippen molar-refractivity contribution in [1.82, 2.24) is 9.55 Å². The number of methoxy groups -OCH3 is 1. The number of nitrogens with zero attached hydrogens (tertiary/aromatic N) is 2. The number of hydrogen-bond acceptors (Lipinski definition) is 4. The molecule has 0 amide bonds. The Kier molecular flexibility index (Phi) is 5.41. The molecule has 1 heterocycles. The van der Waals surface area contributed by atoms with Crippen molar-refractivity contribution in [3.63, 3.8) is 0 Å². The fraction of sp³-hybridized carbons (Fsp3) is 0.217. The Morgan fingerprint density at radius 2 is 2.00 bits per heavy atom. The van der Waals surface area contributed by atoms with Gasteiger partial charge in [0, 0.05) is 10.7 Å². The van der Waals surface area contributed by atoms with Crippen molar-refractivity contribution >= 4 is 28.3 Å². The largest absolute Gasteiger partial charge is 0.490 e. The monoisotopic (exact) mass is 407 g/mol. The molecule has 1 aliphatic rings. The zero-order chi connectivity index (χ0) is 20.4. The van der Waals surface area contributed by atoms with E-state index in [4.69, 9.17) is 16.3 Å². The topological polar surface area (TPSA) is 56.1 Å². The fourth-order valence-electron chi connectivity index (χ4n) is 3.49. The fourth-order valence-corrected chi connectivity index (χ4v) is 3.71. The molecule has 4 rings (SSSR count). The van der Waals surface area contributed by atoms with Crippen molar-refractivity contribution in [2.24, 2.45) is 0 Å². The lowest BCUT2D eigenvalue weighted by molar-refractivity contribution is 0.402. The van der Waals surface area contributed by atoms with Crippen LogP contribution in [0.25, 0.3) is 10.8 Å². The first-order chi connectivity index (χ1) is 14.0. The molecule has 29 heavy (non-hydrogen) atoms. The second-order valence-corrected chi connectivity index (χ2v) is 7.47. The smallest absolute Gasteiger partial charge is 0.316 e. The van der Waals surface area contributed by atoms with Gasteiger partial charge in [-0.25, -0.2) is 0 Å². The molecule has 2 aromatic carbocycles. The van der Waals surface area contributed by atoms with Crippen molar-refractivity contribution in [2.75, 3.05) is 12.4 Å². The van der Waals surface area contributed by atoms with Crippen LogP contribution in [-0.2, 0) is 6.54 Å². The van der Waals surface area contributed by atoms with Crippen LogP contribution in [-0.4, -0.2) is 16.7 Å². The first-order valence-electron chi connectivity index (χ1n) is 9.51. The molecule has 0 spiro atoms. The normalized spacial score (nSPS) is 14.1. The third-order valence-electron chi connectivity index (χ3n) is 5.14. The van der Waals surface area contributed by atoms with E-state index in [1.165, 1.54) is 17.9 Å². The maximum Gasteiger partial charge on any atom is 0.316 e. The van der Waals surface area contributed by atoms with Gasteiger partial charge in [0.25, 0.3) is 0 Å². The van der Waals surface area contributed by atoms with Crippen molar-refractivity contribution in [1.29, 1.82) is 0 Å². The van der Waals surface area contributed by atoms with Crippen LogP contribution in [0.1, 0.15) is 25.3 Å². The molecule has 0 fully saturated rings. The average molecular weight is 408 g/mol. The molecule has 6 heteroatoms. The van der Waals surface area contributed by atoms with Crippen molar-refractivity contribution in [2.45, 2.75) is 26.3 Å². The summed E-state index contributed by atoms with van der Waals surface area (Å²) in [5.41, 5.74) is 2.65. The Labute approximate surface area is 174 Å². The van der Waals surface area contributed by atoms with Gasteiger partial charge in [0.05, 0.1) is 19.9 Å². The third-order valence-corrected chi connectivity index (χ3v) is 5.58. The molecule has 1 aliphatic carbocycles. The van der Waals surface area contributed by atoms with E-state index in [0.29, 0.717) is 12.5 Å². The first kappa shape index (κ1) is 19.3. The van der Waals surface area contributed by atoms with Crippen LogP contribution in [0.3, 0.4) is 0 Å². The van der Waals surface area contributed by atoms with Crippen LogP contribution in [0.5, 0.6) is 5.75 Å². The molecule has 1 N–H and O–H groups in total. The summed E-state index contributed by atoms with van der Waals surface area (Å²) in [7, 11) is 1.48. The number of allylic oxidation sites excluding steroid dienone is 4. The van der Waals surface area contributed by atoms with E-state index >= 15 is 0 Å². The maximum absolute atomic E-state index is 12.3. The van der Waals surface area contributed by atoms with Crippen LogP contribution in [0.15, 0.2) is 75.8 Å². The third kappa shape index (κ3) is 4.05. The number of fused-ring (bicyclic) bond motifs is 1. The number of ether oxygens (including phenoxy) is 1. The van der Waals surface area contributed by atoms with Crippen LogP contribution in [0, 0.1) is 0 Å². The SMILES string of the molecule is COc1cn(Cc2ccc3ccccc3c2)c(NC2=C(C)C(Cl)=CCC2)nc1=O. The van der Waals surface area contributed by atoms with E-state index in [2.05, 4.69) is 40.6 Å². The minimum Gasteiger partial charge on any atom is -0.490 e. The lowest BCUT2D eigenvalue weighted by Gasteiger charge is -2.20. The van der Waals surface area contributed by atoms with Crippen molar-refractivity contribution in [3.8, 4) is 5.75 Å². The van der Waals surface area contributed by atoms with Gasteiger partial charge in [0.15, 0.2) is 0 Å². The highest BCUT2D eigenvalue weighted by atomic mass is 35.5. The van der Waals surface area contributed by atoms with Gasteiger partial charge in [-0.3, -0.25) is 4.79 Å². The predicted molar refractivity (Wildman–Crippen MR) is 118 cm³/mol. The molecule has 0 saturated heterocycles. The molecule has 0 atom stereocenters. The number of anilines is 1. The zero-order valence-electron chi connectivity index (χ0n) is 16.4. The van der Waals surface area contributed by atoms with Gasteiger partial charge in [-0.05, 0) is 47.7 Å². The summed E-state index contributed by atoms with van der Waals surface area (Å²) < 4.78 is 7.11. The molecule has 1 aromatic heterocycles. The molecule has 3 aromatic rings. The van der Waals surface area contributed by atoms with Gasteiger partial charge in [-0.1, -0.05) is 54.1 Å². The number of rotatable bonds is 5. The lowest BCUT2D eigenvalue weighted by atomic mass is 10.0. The highest BCUT2D eigenvalue weighted by Gasteiger charge is 2.15. The Balaban J connectivity index is 1.73. The minimum absolute atomic E-state index is 0.212. The van der Waals surface area contributed by atoms with Gasteiger partial charge >= 0.3 is 5.56 Å². The molecule has 0 saturated carbocycles. The Bertz CT molecular complexity index is 1190. The van der Waals surface area contributed by atoms with Crippen molar-refractivity contribution < 1.29 is 4.74 Å². The summed E-state index contributed by atoms with van der Waals surface area (Å²) in [6.45, 7) is 2.52. The molecule has 0 bridgehead atoms. The summed E-state index contributed by atoms with van der Waals surface area (Å²) >= 11 is 6.29. The standard InChI is InChI=1S/C23H22ClN3O2/c1-15-19(24)8-5-9-20(15)25-23-26-22(28)21(29-2)14-27(23)13-16-10-11-17-6-3-4-7-18(17)12-16/h3-4,6-8,10-12,14H,5,9,13H2,1-2H3,(H,25,26,28). The van der Waals surface area contributed by atoms with Crippen molar-refractivity contribution in [3.05, 3.63) is 87.0 Å². The quantitative estimate of drug-likeness (QED) is 0.642. The molecule has 0 unspecified atom stereocenters. The first-order valence-corrected chi connectivity index (χ1v) is 9.89. The number of nitrogens with one attached hydrogen (secondary N) is 1. The summed E-state index contributed by atoms with van der Waals surface area (Å²) in [4.78, 5) is 16.5. The number of aromatic nitrogens is 2. The van der Waals surface area contributed by atoms with Gasteiger partial charge in [-0.2, -0.15) is 4.98 Å². The van der Waals surface area contributed by atoms with Gasteiger partial charge in [-0.15, -0.1) is 0 Å². The van der Waals surface area contributed by atoms with E-state index < -0.39 is 5.56 Å². The average Bonchev–Trinajstić information content (AvgIpc) is 2.73. The highest BCUT2D eigenvalue weighted by molar-refractivity contribution is 6.32. The Morgan fingerprint density at radius 1 is 1.21 bits per heavy atom. The molecular weight excluding hydrogens is 386 g/mol. The van der Waals surface area contributed by atoms with Crippen LogP contribution in [0.2, 0.25) is 0 Å². The predicted octanol–water partition coefficient (Wildman–Crippen LogP) is 5.06. The molecular formula is C23H22ClN3O2. The molecule has 0 aliphatic heterocycles. The van der Waals surface area contributed by atoms with Crippen LogP contribution < -0.4 is 15.6 Å². The molecule has 0 radical (unpaired) electrons. The van der Waals surface area contributed by atoms with E-state index in [9.17, 15) is 4.79 Å². The number of hydrogen-bond donors (Lipinski definition) is 1. The lowest BCUT2D eigenvalue weighted by Crippen LogP contribution is -2.21. The molecule has 5 nitrogen and oxygen atoms in total. The second-order valence-electron chi connectivity index (χ2n) is 7.07. The number of benzene rings is 2. The zero-order valence-corrected chi connectivity index (χ0v) is 17.2. The highest BCUT2D eigenvalue weighted by Crippen LogP contribution is 2.28. The van der Waals surface area contributed by atoms with Crippen LogP contribution in [0.4, 0.5) is 5.95 Å². The van der Waals surface area contributed by atoms with Crippen LogP contribution >= 0.6 is 11.6 Å². The van der Waals surface area contributed by atoms with Gasteiger partial charge in [0.1, 0.15) is 0 Å². The van der Waals surface area contributed by atoms with E-state index in [1.807, 2.05) is 29.7 Å². The van der Waals surface area contributed by atoms with E-state index in [0.717, 1.165) is 34.7 Å². The summed E-state index contributed by atoms with van der Waals surface area (Å²) in [5, 5.41) is 6.42.